The molecule has 2 atom stereocenters. The van der Waals surface area contributed by atoms with Crippen LogP contribution < -0.4 is 5.32 Å². The van der Waals surface area contributed by atoms with E-state index in [1.54, 1.807) is 6.20 Å². The zero-order valence-electron chi connectivity index (χ0n) is 11.7. The average molecular weight is 291 g/mol. The quantitative estimate of drug-likeness (QED) is 0.913. The first-order chi connectivity index (χ1) is 9.50. The molecule has 2 aromatic rings. The molecular weight excluding hydrogens is 272 g/mol. The Hall–Kier alpha value is -1.16. The molecule has 1 fully saturated rings. The van der Waals surface area contributed by atoms with Crippen molar-refractivity contribution in [1.82, 2.24) is 10.3 Å². The molecule has 1 aromatic carbocycles. The third-order valence-corrected chi connectivity index (χ3v) is 4.88. The summed E-state index contributed by atoms with van der Waals surface area (Å²) in [5.41, 5.74) is 2.03. The van der Waals surface area contributed by atoms with Crippen LogP contribution in [0, 0.1) is 5.41 Å². The number of hydrogen-bond acceptors (Lipinski definition) is 3. The monoisotopic (exact) mass is 290 g/mol. The van der Waals surface area contributed by atoms with E-state index in [1.807, 2.05) is 24.3 Å². The SMILES string of the molecule is CC1(C)C(O)CC1NCc1ccc(Cl)c2cccnc12. The molecule has 20 heavy (non-hydrogen) atoms. The van der Waals surface area contributed by atoms with Gasteiger partial charge in [-0.3, -0.25) is 4.98 Å². The molecule has 0 radical (unpaired) electrons. The maximum atomic E-state index is 9.78. The number of fused-ring (bicyclic) bond motifs is 1. The highest BCUT2D eigenvalue weighted by Crippen LogP contribution is 2.40. The van der Waals surface area contributed by atoms with Crippen LogP contribution in [0.15, 0.2) is 30.5 Å². The summed E-state index contributed by atoms with van der Waals surface area (Å²) in [6.07, 6.45) is 2.39. The van der Waals surface area contributed by atoms with Gasteiger partial charge >= 0.3 is 0 Å². The van der Waals surface area contributed by atoms with Gasteiger partial charge in [0.2, 0.25) is 0 Å². The minimum atomic E-state index is -0.208. The van der Waals surface area contributed by atoms with Crippen molar-refractivity contribution >= 4 is 22.5 Å². The number of aliphatic hydroxyl groups excluding tert-OH is 1. The fourth-order valence-electron chi connectivity index (χ4n) is 2.82. The van der Waals surface area contributed by atoms with Crippen LogP contribution in [-0.4, -0.2) is 22.2 Å². The summed E-state index contributed by atoms with van der Waals surface area (Å²) in [6, 6.07) is 8.17. The minimum Gasteiger partial charge on any atom is -0.392 e. The summed E-state index contributed by atoms with van der Waals surface area (Å²) in [5, 5.41) is 15.0. The summed E-state index contributed by atoms with van der Waals surface area (Å²) >= 11 is 6.20. The summed E-state index contributed by atoms with van der Waals surface area (Å²) in [5.74, 6) is 0. The molecule has 1 aliphatic rings. The van der Waals surface area contributed by atoms with Crippen molar-refractivity contribution in [2.45, 2.75) is 39.0 Å². The normalized spacial score (nSPS) is 24.6. The summed E-state index contributed by atoms with van der Waals surface area (Å²) in [6.45, 7) is 4.93. The van der Waals surface area contributed by atoms with E-state index < -0.39 is 0 Å². The Bertz CT molecular complexity index is 641. The van der Waals surface area contributed by atoms with Crippen LogP contribution in [0.3, 0.4) is 0 Å². The van der Waals surface area contributed by atoms with E-state index in [1.165, 1.54) is 0 Å². The smallest absolute Gasteiger partial charge is 0.0761 e. The molecule has 0 amide bonds. The Balaban J connectivity index is 1.81. The Morgan fingerprint density at radius 3 is 2.90 bits per heavy atom. The lowest BCUT2D eigenvalue weighted by molar-refractivity contribution is -0.0729. The molecule has 1 aliphatic carbocycles. The van der Waals surface area contributed by atoms with Crippen LogP contribution in [0.4, 0.5) is 0 Å². The number of pyridine rings is 1. The molecule has 0 aliphatic heterocycles. The molecule has 2 N–H and O–H groups in total. The van der Waals surface area contributed by atoms with Gasteiger partial charge in [0.05, 0.1) is 11.6 Å². The molecule has 0 spiro atoms. The zero-order chi connectivity index (χ0) is 14.3. The highest BCUT2D eigenvalue weighted by Gasteiger charge is 2.46. The van der Waals surface area contributed by atoms with Crippen LogP contribution in [0.5, 0.6) is 0 Å². The molecule has 106 valence electrons. The first-order valence-corrected chi connectivity index (χ1v) is 7.31. The van der Waals surface area contributed by atoms with E-state index >= 15 is 0 Å². The van der Waals surface area contributed by atoms with Gasteiger partial charge in [0.1, 0.15) is 0 Å². The summed E-state index contributed by atoms with van der Waals surface area (Å²) in [7, 11) is 0. The van der Waals surface area contributed by atoms with E-state index in [4.69, 9.17) is 11.6 Å². The molecule has 1 aromatic heterocycles. The second-order valence-corrected chi connectivity index (χ2v) is 6.52. The lowest BCUT2D eigenvalue weighted by Gasteiger charge is -2.49. The first-order valence-electron chi connectivity index (χ1n) is 6.93. The van der Waals surface area contributed by atoms with Crippen molar-refractivity contribution in [2.75, 3.05) is 0 Å². The number of aromatic nitrogens is 1. The number of nitrogens with one attached hydrogen (secondary N) is 1. The van der Waals surface area contributed by atoms with Gasteiger partial charge in [-0.05, 0) is 30.2 Å². The van der Waals surface area contributed by atoms with Crippen molar-refractivity contribution < 1.29 is 5.11 Å². The number of benzene rings is 1. The third kappa shape index (κ3) is 2.20. The second-order valence-electron chi connectivity index (χ2n) is 6.11. The van der Waals surface area contributed by atoms with Crippen LogP contribution in [0.2, 0.25) is 5.02 Å². The Morgan fingerprint density at radius 2 is 2.20 bits per heavy atom. The lowest BCUT2D eigenvalue weighted by Crippen LogP contribution is -2.59. The van der Waals surface area contributed by atoms with E-state index in [2.05, 4.69) is 24.1 Å². The fraction of sp³-hybridized carbons (Fsp3) is 0.438. The van der Waals surface area contributed by atoms with Gasteiger partial charge in [-0.15, -0.1) is 0 Å². The summed E-state index contributed by atoms with van der Waals surface area (Å²) in [4.78, 5) is 4.44. The number of aliphatic hydroxyl groups is 1. The van der Waals surface area contributed by atoms with Gasteiger partial charge in [-0.2, -0.15) is 0 Å². The van der Waals surface area contributed by atoms with Gasteiger partial charge < -0.3 is 10.4 Å². The first kappa shape index (κ1) is 13.8. The maximum absolute atomic E-state index is 9.78. The van der Waals surface area contributed by atoms with Crippen molar-refractivity contribution in [1.29, 1.82) is 0 Å². The largest absolute Gasteiger partial charge is 0.392 e. The Morgan fingerprint density at radius 1 is 1.40 bits per heavy atom. The van der Waals surface area contributed by atoms with Crippen LogP contribution in [-0.2, 0) is 6.54 Å². The van der Waals surface area contributed by atoms with Gasteiger partial charge in [0.15, 0.2) is 0 Å². The molecule has 1 heterocycles. The fourth-order valence-corrected chi connectivity index (χ4v) is 3.04. The highest BCUT2D eigenvalue weighted by atomic mass is 35.5. The Kier molecular flexibility index (Phi) is 3.44. The molecular formula is C16H19ClN2O. The average Bonchev–Trinajstić information content (AvgIpc) is 2.45. The highest BCUT2D eigenvalue weighted by molar-refractivity contribution is 6.35. The van der Waals surface area contributed by atoms with E-state index in [0.29, 0.717) is 6.04 Å². The van der Waals surface area contributed by atoms with E-state index in [9.17, 15) is 5.11 Å². The number of rotatable bonds is 3. The minimum absolute atomic E-state index is 0.0599. The predicted molar refractivity (Wildman–Crippen MR) is 81.8 cm³/mol. The topological polar surface area (TPSA) is 45.1 Å². The number of hydrogen-bond donors (Lipinski definition) is 2. The van der Waals surface area contributed by atoms with Crippen LogP contribution in [0.25, 0.3) is 10.9 Å². The second kappa shape index (κ2) is 4.99. The zero-order valence-corrected chi connectivity index (χ0v) is 12.5. The lowest BCUT2D eigenvalue weighted by atomic mass is 9.64. The molecule has 2 unspecified atom stereocenters. The predicted octanol–water partition coefficient (Wildman–Crippen LogP) is 3.14. The van der Waals surface area contributed by atoms with Crippen molar-refractivity contribution in [3.63, 3.8) is 0 Å². The van der Waals surface area contributed by atoms with Gasteiger partial charge in [0, 0.05) is 34.6 Å². The maximum Gasteiger partial charge on any atom is 0.0761 e. The van der Waals surface area contributed by atoms with E-state index in [0.717, 1.165) is 34.5 Å². The van der Waals surface area contributed by atoms with Crippen LogP contribution in [0.1, 0.15) is 25.8 Å². The third-order valence-electron chi connectivity index (χ3n) is 4.55. The van der Waals surface area contributed by atoms with Gasteiger partial charge in [0.25, 0.3) is 0 Å². The molecule has 1 saturated carbocycles. The molecule has 0 saturated heterocycles. The Labute approximate surface area is 124 Å². The van der Waals surface area contributed by atoms with Gasteiger partial charge in [-0.25, -0.2) is 0 Å². The van der Waals surface area contributed by atoms with E-state index in [-0.39, 0.29) is 11.5 Å². The standard InChI is InChI=1S/C16H19ClN2O/c1-16(2)13(8-14(16)20)19-9-10-5-6-12(17)11-4-3-7-18-15(10)11/h3-7,13-14,19-20H,8-9H2,1-2H3. The molecule has 0 bridgehead atoms. The molecule has 4 heteroatoms. The van der Waals surface area contributed by atoms with Crippen molar-refractivity contribution in [3.8, 4) is 0 Å². The number of nitrogens with zero attached hydrogens (tertiary/aromatic N) is 1. The van der Waals surface area contributed by atoms with Crippen LogP contribution >= 0.6 is 11.6 Å². The summed E-state index contributed by atoms with van der Waals surface area (Å²) < 4.78 is 0. The molecule has 3 rings (SSSR count). The van der Waals surface area contributed by atoms with Crippen molar-refractivity contribution in [3.05, 3.63) is 41.0 Å². The van der Waals surface area contributed by atoms with Gasteiger partial charge in [-0.1, -0.05) is 31.5 Å². The van der Waals surface area contributed by atoms with Crippen molar-refractivity contribution in [2.24, 2.45) is 5.41 Å². The molecule has 3 nitrogen and oxygen atoms in total. The number of halogens is 1.